The molecule has 1 aromatic carbocycles. The summed E-state index contributed by atoms with van der Waals surface area (Å²) in [6, 6.07) is 7.58. The molecular formula is C14H15N3O3. The summed E-state index contributed by atoms with van der Waals surface area (Å²) in [7, 11) is 1.81. The molecule has 1 aliphatic rings. The molecule has 2 N–H and O–H groups in total. The van der Waals surface area contributed by atoms with Crippen molar-refractivity contribution in [2.24, 2.45) is 18.9 Å². The van der Waals surface area contributed by atoms with Crippen LogP contribution in [0, 0.1) is 11.8 Å². The second kappa shape index (κ2) is 4.63. The minimum absolute atomic E-state index is 0.257. The summed E-state index contributed by atoms with van der Waals surface area (Å²) in [6.45, 7) is 0. The van der Waals surface area contributed by atoms with Crippen LogP contribution in [0.4, 0.5) is 5.82 Å². The van der Waals surface area contributed by atoms with E-state index in [2.05, 4.69) is 10.4 Å². The first kappa shape index (κ1) is 12.7. The van der Waals surface area contributed by atoms with E-state index in [4.69, 9.17) is 5.11 Å². The smallest absolute Gasteiger partial charge is 0.307 e. The number of fused-ring (bicyclic) bond motifs is 1. The van der Waals surface area contributed by atoms with Gasteiger partial charge in [-0.15, -0.1) is 0 Å². The number of carboxylic acid groups (broad SMARTS) is 1. The average molecular weight is 273 g/mol. The van der Waals surface area contributed by atoms with Gasteiger partial charge >= 0.3 is 5.97 Å². The summed E-state index contributed by atoms with van der Waals surface area (Å²) < 4.78 is 1.69. The Morgan fingerprint density at radius 1 is 1.30 bits per heavy atom. The van der Waals surface area contributed by atoms with Gasteiger partial charge in [-0.1, -0.05) is 12.1 Å². The van der Waals surface area contributed by atoms with Gasteiger partial charge in [-0.2, -0.15) is 5.10 Å². The number of para-hydroxylation sites is 1. The summed E-state index contributed by atoms with van der Waals surface area (Å²) in [5, 5.41) is 16.9. The lowest BCUT2D eigenvalue weighted by atomic mass is 9.73. The fourth-order valence-electron chi connectivity index (χ4n) is 2.62. The van der Waals surface area contributed by atoms with Gasteiger partial charge in [0.15, 0.2) is 5.82 Å². The normalized spacial score (nSPS) is 21.4. The van der Waals surface area contributed by atoms with Gasteiger partial charge in [0.1, 0.15) is 0 Å². The first-order valence-electron chi connectivity index (χ1n) is 6.53. The highest BCUT2D eigenvalue weighted by Gasteiger charge is 2.41. The van der Waals surface area contributed by atoms with E-state index in [1.165, 1.54) is 0 Å². The first-order chi connectivity index (χ1) is 9.58. The van der Waals surface area contributed by atoms with Crippen molar-refractivity contribution in [3.05, 3.63) is 24.3 Å². The molecule has 1 aromatic heterocycles. The Hall–Kier alpha value is -2.37. The van der Waals surface area contributed by atoms with Crippen molar-refractivity contribution in [1.82, 2.24) is 9.78 Å². The van der Waals surface area contributed by atoms with E-state index >= 15 is 0 Å². The minimum Gasteiger partial charge on any atom is -0.481 e. The Morgan fingerprint density at radius 2 is 2.00 bits per heavy atom. The zero-order valence-electron chi connectivity index (χ0n) is 11.0. The third-order valence-electron chi connectivity index (χ3n) is 3.93. The second-order valence-electron chi connectivity index (χ2n) is 5.11. The van der Waals surface area contributed by atoms with Gasteiger partial charge in [0.2, 0.25) is 5.91 Å². The number of aliphatic carboxylic acids is 1. The van der Waals surface area contributed by atoms with Crippen LogP contribution in [0.3, 0.4) is 0 Å². The third kappa shape index (κ3) is 1.93. The van der Waals surface area contributed by atoms with Crippen LogP contribution in [0.5, 0.6) is 0 Å². The van der Waals surface area contributed by atoms with E-state index in [-0.39, 0.29) is 5.91 Å². The van der Waals surface area contributed by atoms with Gasteiger partial charge in [0.25, 0.3) is 0 Å². The number of aromatic nitrogens is 2. The number of nitrogens with one attached hydrogen (secondary N) is 1. The highest BCUT2D eigenvalue weighted by atomic mass is 16.4. The Morgan fingerprint density at radius 3 is 2.65 bits per heavy atom. The number of carbonyl (C=O) groups excluding carboxylic acids is 1. The lowest BCUT2D eigenvalue weighted by Crippen LogP contribution is -2.41. The lowest BCUT2D eigenvalue weighted by molar-refractivity contribution is -0.151. The Kier molecular flexibility index (Phi) is 2.93. The molecule has 1 fully saturated rings. The largest absolute Gasteiger partial charge is 0.481 e. The molecule has 0 saturated heterocycles. The van der Waals surface area contributed by atoms with Crippen molar-refractivity contribution in [2.45, 2.75) is 12.8 Å². The summed E-state index contributed by atoms with van der Waals surface area (Å²) in [6.07, 6.45) is 1.18. The van der Waals surface area contributed by atoms with Crippen LogP contribution in [-0.2, 0) is 16.6 Å². The van der Waals surface area contributed by atoms with Gasteiger partial charge in [0.05, 0.1) is 17.4 Å². The number of aryl methyl sites for hydroxylation is 1. The molecule has 6 nitrogen and oxygen atoms in total. The highest BCUT2D eigenvalue weighted by Crippen LogP contribution is 2.35. The number of carbonyl (C=O) groups is 2. The number of nitrogens with zero attached hydrogens (tertiary/aromatic N) is 2. The molecule has 0 radical (unpaired) electrons. The van der Waals surface area contributed by atoms with Crippen LogP contribution in [0.25, 0.3) is 10.9 Å². The van der Waals surface area contributed by atoms with E-state index in [9.17, 15) is 9.59 Å². The van der Waals surface area contributed by atoms with E-state index in [1.54, 1.807) is 11.7 Å². The number of hydrogen-bond acceptors (Lipinski definition) is 3. The van der Waals surface area contributed by atoms with Crippen LogP contribution < -0.4 is 5.32 Å². The molecule has 1 amide bonds. The molecule has 6 heteroatoms. The fraction of sp³-hybridized carbons (Fsp3) is 0.357. The highest BCUT2D eigenvalue weighted by molar-refractivity contribution is 6.02. The number of anilines is 1. The quantitative estimate of drug-likeness (QED) is 0.890. The molecular weight excluding hydrogens is 258 g/mol. The molecule has 20 heavy (non-hydrogen) atoms. The molecule has 0 bridgehead atoms. The molecule has 1 aliphatic carbocycles. The van der Waals surface area contributed by atoms with Crippen molar-refractivity contribution < 1.29 is 14.7 Å². The van der Waals surface area contributed by atoms with E-state index in [0.717, 1.165) is 10.9 Å². The minimum atomic E-state index is -0.901. The van der Waals surface area contributed by atoms with Gasteiger partial charge in [0, 0.05) is 12.4 Å². The molecule has 1 saturated carbocycles. The molecule has 2 aromatic rings. The number of amides is 1. The van der Waals surface area contributed by atoms with Crippen LogP contribution >= 0.6 is 0 Å². The Bertz CT molecular complexity index is 692. The number of carboxylic acids is 1. The SMILES string of the molecule is Cn1nc(NC(=O)[C@H]2CC[C@@H]2C(=O)O)c2ccccc21. The topological polar surface area (TPSA) is 84.2 Å². The molecule has 0 spiro atoms. The van der Waals surface area contributed by atoms with Crippen molar-refractivity contribution in [2.75, 3.05) is 5.32 Å². The molecule has 2 atom stereocenters. The summed E-state index contributed by atoms with van der Waals surface area (Å²) >= 11 is 0. The summed E-state index contributed by atoms with van der Waals surface area (Å²) in [5.74, 6) is -1.68. The zero-order valence-corrected chi connectivity index (χ0v) is 11.0. The summed E-state index contributed by atoms with van der Waals surface area (Å²) in [5.41, 5.74) is 0.922. The molecule has 3 rings (SSSR count). The fourth-order valence-corrected chi connectivity index (χ4v) is 2.62. The second-order valence-corrected chi connectivity index (χ2v) is 5.11. The first-order valence-corrected chi connectivity index (χ1v) is 6.53. The van der Waals surface area contributed by atoms with E-state index in [1.807, 2.05) is 24.3 Å². The van der Waals surface area contributed by atoms with E-state index in [0.29, 0.717) is 18.7 Å². The number of hydrogen-bond donors (Lipinski definition) is 2. The molecule has 104 valence electrons. The molecule has 0 unspecified atom stereocenters. The van der Waals surface area contributed by atoms with Crippen molar-refractivity contribution in [3.8, 4) is 0 Å². The maximum absolute atomic E-state index is 12.1. The summed E-state index contributed by atoms with van der Waals surface area (Å²) in [4.78, 5) is 23.1. The van der Waals surface area contributed by atoms with Crippen LogP contribution in [0.15, 0.2) is 24.3 Å². The Labute approximate surface area is 115 Å². The molecule has 0 aliphatic heterocycles. The van der Waals surface area contributed by atoms with Gasteiger partial charge in [-0.05, 0) is 25.0 Å². The maximum Gasteiger partial charge on any atom is 0.307 e. The predicted molar refractivity (Wildman–Crippen MR) is 73.2 cm³/mol. The van der Waals surface area contributed by atoms with Crippen molar-refractivity contribution in [1.29, 1.82) is 0 Å². The van der Waals surface area contributed by atoms with Crippen molar-refractivity contribution >= 4 is 28.6 Å². The Balaban J connectivity index is 1.83. The average Bonchev–Trinajstić information content (AvgIpc) is 2.65. The van der Waals surface area contributed by atoms with Gasteiger partial charge < -0.3 is 10.4 Å². The van der Waals surface area contributed by atoms with Crippen LogP contribution in [0.1, 0.15) is 12.8 Å². The molecule has 1 heterocycles. The standard InChI is InChI=1S/C14H15N3O3/c1-17-11-5-3-2-4-10(11)12(16-17)15-13(18)8-6-7-9(8)14(19)20/h2-5,8-9H,6-7H2,1H3,(H,19,20)(H,15,16,18)/t8-,9-/m0/s1. The van der Waals surface area contributed by atoms with Gasteiger partial charge in [-0.25, -0.2) is 0 Å². The monoisotopic (exact) mass is 273 g/mol. The number of benzene rings is 1. The third-order valence-corrected chi connectivity index (χ3v) is 3.93. The van der Waals surface area contributed by atoms with Gasteiger partial charge in [-0.3, -0.25) is 14.3 Å². The van der Waals surface area contributed by atoms with Crippen molar-refractivity contribution in [3.63, 3.8) is 0 Å². The maximum atomic E-state index is 12.1. The van der Waals surface area contributed by atoms with Crippen LogP contribution in [-0.4, -0.2) is 26.8 Å². The van der Waals surface area contributed by atoms with Crippen LogP contribution in [0.2, 0.25) is 0 Å². The zero-order chi connectivity index (χ0) is 14.3. The van der Waals surface area contributed by atoms with E-state index < -0.39 is 17.8 Å². The number of rotatable bonds is 3. The predicted octanol–water partition coefficient (Wildman–Crippen LogP) is 1.62. The lowest BCUT2D eigenvalue weighted by Gasteiger charge is -2.31.